The van der Waals surface area contributed by atoms with Crippen LogP contribution in [0.15, 0.2) is 29.3 Å². The highest BCUT2D eigenvalue weighted by Crippen LogP contribution is 2.34. The topological polar surface area (TPSA) is 36.4 Å². The third-order valence-electron chi connectivity index (χ3n) is 5.25. The molecule has 3 aliphatic rings. The number of thioether (sulfide) groups is 1. The highest BCUT2D eigenvalue weighted by Gasteiger charge is 2.41. The van der Waals surface area contributed by atoms with E-state index in [-0.39, 0.29) is 17.9 Å². The zero-order valence-electron chi connectivity index (χ0n) is 13.5. The van der Waals surface area contributed by atoms with Gasteiger partial charge in [0.1, 0.15) is 5.84 Å². The zero-order chi connectivity index (χ0) is 14.8. The SMILES string of the molecule is Cl.c1ccc2c(c1)CNC1(CCSC1)C(=NC1CCCCC1)N2. The second-order valence-electron chi connectivity index (χ2n) is 6.79. The van der Waals surface area contributed by atoms with Gasteiger partial charge in [0.15, 0.2) is 0 Å². The van der Waals surface area contributed by atoms with Crippen LogP contribution in [0.2, 0.25) is 0 Å². The summed E-state index contributed by atoms with van der Waals surface area (Å²) in [5.74, 6) is 3.57. The van der Waals surface area contributed by atoms with Crippen LogP contribution >= 0.6 is 24.2 Å². The summed E-state index contributed by atoms with van der Waals surface area (Å²) < 4.78 is 0. The number of amidine groups is 1. The van der Waals surface area contributed by atoms with Crippen molar-refractivity contribution in [1.82, 2.24) is 5.32 Å². The molecule has 0 aromatic heterocycles. The third kappa shape index (κ3) is 3.54. The van der Waals surface area contributed by atoms with E-state index in [0.717, 1.165) is 12.3 Å². The summed E-state index contributed by atoms with van der Waals surface area (Å²) in [6.07, 6.45) is 7.77. The lowest BCUT2D eigenvalue weighted by Crippen LogP contribution is -2.53. The van der Waals surface area contributed by atoms with E-state index in [0.29, 0.717) is 6.04 Å². The normalized spacial score (nSPS) is 29.7. The average Bonchev–Trinajstić information content (AvgIpc) is 2.98. The fraction of sp³-hybridized carbons (Fsp3) is 0.611. The van der Waals surface area contributed by atoms with Crippen LogP contribution in [0.3, 0.4) is 0 Å². The first-order valence-electron chi connectivity index (χ1n) is 8.62. The smallest absolute Gasteiger partial charge is 0.122 e. The van der Waals surface area contributed by atoms with Gasteiger partial charge in [-0.2, -0.15) is 11.8 Å². The van der Waals surface area contributed by atoms with Crippen LogP contribution in [-0.2, 0) is 6.54 Å². The Kier molecular flexibility index (Phi) is 5.55. The highest BCUT2D eigenvalue weighted by atomic mass is 35.5. The van der Waals surface area contributed by atoms with Gasteiger partial charge in [-0.15, -0.1) is 12.4 Å². The van der Waals surface area contributed by atoms with Gasteiger partial charge in [-0.3, -0.25) is 10.3 Å². The maximum absolute atomic E-state index is 5.22. The van der Waals surface area contributed by atoms with Crippen molar-refractivity contribution in [1.29, 1.82) is 0 Å². The summed E-state index contributed by atoms with van der Waals surface area (Å²) in [6.45, 7) is 0.938. The maximum Gasteiger partial charge on any atom is 0.122 e. The molecular weight excluding hydrogens is 326 g/mol. The van der Waals surface area contributed by atoms with Gasteiger partial charge in [0, 0.05) is 18.0 Å². The number of anilines is 1. The fourth-order valence-electron chi connectivity index (χ4n) is 3.83. The molecule has 0 bridgehead atoms. The molecule has 2 fully saturated rings. The molecule has 23 heavy (non-hydrogen) atoms. The second kappa shape index (κ2) is 7.45. The molecule has 2 N–H and O–H groups in total. The number of nitrogens with zero attached hydrogens (tertiary/aromatic N) is 1. The first-order chi connectivity index (χ1) is 10.9. The van der Waals surface area contributed by atoms with Crippen LogP contribution in [0.4, 0.5) is 5.69 Å². The van der Waals surface area contributed by atoms with E-state index in [1.54, 1.807) is 0 Å². The van der Waals surface area contributed by atoms with Gasteiger partial charge in [-0.05, 0) is 36.6 Å². The molecule has 1 aromatic carbocycles. The third-order valence-corrected chi connectivity index (χ3v) is 6.44. The van der Waals surface area contributed by atoms with Gasteiger partial charge in [0.25, 0.3) is 0 Å². The van der Waals surface area contributed by atoms with Crippen molar-refractivity contribution in [2.45, 2.75) is 56.7 Å². The number of aliphatic imine (C=N–C) groups is 1. The standard InChI is InChI=1S/C18H25N3S.ClH/c1-2-7-15(8-3-1)20-17-18(10-11-22-13-18)19-12-14-6-4-5-9-16(14)21-17;/h4-6,9,15,19H,1-3,7-8,10-13H2,(H,20,21);1H. The van der Waals surface area contributed by atoms with Gasteiger partial charge in [0.05, 0.1) is 11.6 Å². The number of para-hydroxylation sites is 1. The molecule has 1 spiro atoms. The van der Waals surface area contributed by atoms with Crippen molar-refractivity contribution in [2.24, 2.45) is 4.99 Å². The molecule has 1 atom stereocenters. The molecular formula is C18H26ClN3S. The molecule has 1 saturated heterocycles. The Morgan fingerprint density at radius 3 is 2.74 bits per heavy atom. The molecule has 1 aliphatic carbocycles. The van der Waals surface area contributed by atoms with Crippen molar-refractivity contribution >= 4 is 35.7 Å². The Morgan fingerprint density at radius 2 is 1.96 bits per heavy atom. The van der Waals surface area contributed by atoms with Gasteiger partial charge in [-0.1, -0.05) is 37.5 Å². The molecule has 126 valence electrons. The summed E-state index contributed by atoms with van der Waals surface area (Å²) in [6, 6.07) is 9.17. The molecule has 5 heteroatoms. The van der Waals surface area contributed by atoms with Crippen molar-refractivity contribution in [3.8, 4) is 0 Å². The number of nitrogens with one attached hydrogen (secondary N) is 2. The van der Waals surface area contributed by atoms with Gasteiger partial charge >= 0.3 is 0 Å². The molecule has 2 aliphatic heterocycles. The zero-order valence-corrected chi connectivity index (χ0v) is 15.1. The summed E-state index contributed by atoms with van der Waals surface area (Å²) in [4.78, 5) is 5.22. The number of fused-ring (bicyclic) bond motifs is 1. The van der Waals surface area contributed by atoms with E-state index in [2.05, 4.69) is 34.9 Å². The van der Waals surface area contributed by atoms with Crippen LogP contribution < -0.4 is 10.6 Å². The van der Waals surface area contributed by atoms with E-state index < -0.39 is 0 Å². The van der Waals surface area contributed by atoms with Gasteiger partial charge in [-0.25, -0.2) is 0 Å². The van der Waals surface area contributed by atoms with E-state index in [9.17, 15) is 0 Å². The minimum absolute atomic E-state index is 0. The largest absolute Gasteiger partial charge is 0.342 e. The summed E-state index contributed by atoms with van der Waals surface area (Å²) in [7, 11) is 0. The Morgan fingerprint density at radius 1 is 1.13 bits per heavy atom. The number of rotatable bonds is 1. The number of hydrogen-bond donors (Lipinski definition) is 2. The molecule has 4 rings (SSSR count). The fourth-order valence-corrected chi connectivity index (χ4v) is 5.20. The van der Waals surface area contributed by atoms with Crippen molar-refractivity contribution in [3.05, 3.63) is 29.8 Å². The average molecular weight is 352 g/mol. The molecule has 0 amide bonds. The van der Waals surface area contributed by atoms with E-state index in [4.69, 9.17) is 4.99 Å². The predicted molar refractivity (Wildman–Crippen MR) is 103 cm³/mol. The van der Waals surface area contributed by atoms with Crippen molar-refractivity contribution in [2.75, 3.05) is 16.8 Å². The first-order valence-corrected chi connectivity index (χ1v) is 9.77. The lowest BCUT2D eigenvalue weighted by atomic mass is 9.93. The van der Waals surface area contributed by atoms with Crippen LogP contribution in [0.5, 0.6) is 0 Å². The predicted octanol–water partition coefficient (Wildman–Crippen LogP) is 4.23. The Hall–Kier alpha value is -0.710. The van der Waals surface area contributed by atoms with Crippen LogP contribution in [0.25, 0.3) is 0 Å². The quantitative estimate of drug-likeness (QED) is 0.794. The monoisotopic (exact) mass is 351 g/mol. The molecule has 1 unspecified atom stereocenters. The summed E-state index contributed by atoms with van der Waals surface area (Å²) in [5.41, 5.74) is 2.65. The van der Waals surface area contributed by atoms with E-state index in [1.807, 2.05) is 11.8 Å². The number of benzene rings is 1. The first kappa shape index (κ1) is 17.1. The lowest BCUT2D eigenvalue weighted by Gasteiger charge is -2.31. The van der Waals surface area contributed by atoms with Crippen LogP contribution in [-0.4, -0.2) is 28.9 Å². The van der Waals surface area contributed by atoms with Gasteiger partial charge in [0.2, 0.25) is 0 Å². The summed E-state index contributed by atoms with van der Waals surface area (Å²) >= 11 is 2.05. The lowest BCUT2D eigenvalue weighted by molar-refractivity contribution is 0.431. The Balaban J connectivity index is 0.00000156. The Labute approximate surface area is 149 Å². The van der Waals surface area contributed by atoms with Crippen molar-refractivity contribution < 1.29 is 0 Å². The minimum atomic E-state index is 0. The Bertz CT molecular complexity index is 563. The van der Waals surface area contributed by atoms with Crippen LogP contribution in [0, 0.1) is 0 Å². The van der Waals surface area contributed by atoms with Crippen molar-refractivity contribution in [3.63, 3.8) is 0 Å². The highest BCUT2D eigenvalue weighted by molar-refractivity contribution is 7.99. The van der Waals surface area contributed by atoms with Gasteiger partial charge < -0.3 is 5.32 Å². The molecule has 1 aromatic rings. The molecule has 3 nitrogen and oxygen atoms in total. The number of halogens is 1. The minimum Gasteiger partial charge on any atom is -0.342 e. The molecule has 0 radical (unpaired) electrons. The van der Waals surface area contributed by atoms with E-state index in [1.165, 1.54) is 61.4 Å². The molecule has 1 saturated carbocycles. The second-order valence-corrected chi connectivity index (χ2v) is 7.90. The molecule has 2 heterocycles. The number of hydrogen-bond acceptors (Lipinski definition) is 3. The maximum atomic E-state index is 5.22. The summed E-state index contributed by atoms with van der Waals surface area (Å²) in [5, 5.41) is 7.55. The van der Waals surface area contributed by atoms with E-state index >= 15 is 0 Å². The van der Waals surface area contributed by atoms with Crippen LogP contribution in [0.1, 0.15) is 44.1 Å².